The van der Waals surface area contributed by atoms with Crippen LogP contribution in [0.4, 0.5) is 5.82 Å². The van der Waals surface area contributed by atoms with E-state index >= 15 is 0 Å². The van der Waals surface area contributed by atoms with Crippen LogP contribution >= 0.6 is 0 Å². The number of amides is 1. The largest absolute Gasteiger partial charge is 0.365 e. The molecule has 24 heavy (non-hydrogen) atoms. The Bertz CT molecular complexity index is 613. The van der Waals surface area contributed by atoms with Gasteiger partial charge in [-0.05, 0) is 19.8 Å². The van der Waals surface area contributed by atoms with Crippen molar-refractivity contribution in [3.05, 3.63) is 24.0 Å². The van der Waals surface area contributed by atoms with E-state index in [2.05, 4.69) is 36.9 Å². The van der Waals surface area contributed by atoms with Gasteiger partial charge < -0.3 is 11.1 Å². The molecule has 0 saturated carbocycles. The lowest BCUT2D eigenvalue weighted by Gasteiger charge is -2.32. The second kappa shape index (κ2) is 9.11. The molecule has 0 aromatic carbocycles. The maximum absolute atomic E-state index is 11.8. The number of rotatable bonds is 11. The van der Waals surface area contributed by atoms with Crippen molar-refractivity contribution in [3.8, 4) is 6.07 Å². The van der Waals surface area contributed by atoms with E-state index in [0.717, 1.165) is 38.5 Å². The minimum absolute atomic E-state index is 0.326. The molecule has 0 spiro atoms. The normalized spacial score (nSPS) is 13.1. The van der Waals surface area contributed by atoms with Crippen LogP contribution in [0, 0.1) is 11.3 Å². The molecule has 6 heteroatoms. The predicted molar refractivity (Wildman–Crippen MR) is 96.4 cm³/mol. The van der Waals surface area contributed by atoms with Gasteiger partial charge in [0.25, 0.3) is 5.91 Å². The number of nitrogens with one attached hydrogen (secondary N) is 1. The van der Waals surface area contributed by atoms with Crippen LogP contribution in [0.3, 0.4) is 0 Å². The van der Waals surface area contributed by atoms with Crippen LogP contribution in [-0.2, 0) is 5.54 Å². The lowest BCUT2D eigenvalue weighted by Crippen LogP contribution is -2.34. The number of aromatic nitrogens is 2. The van der Waals surface area contributed by atoms with Gasteiger partial charge in [-0.2, -0.15) is 10.4 Å². The molecule has 1 heterocycles. The number of unbranched alkanes of at least 4 members (excludes halogenated alkanes) is 2. The molecule has 3 N–H and O–H groups in total. The summed E-state index contributed by atoms with van der Waals surface area (Å²) in [6, 6.07) is 2.30. The molecule has 1 unspecified atom stereocenters. The smallest absolute Gasteiger partial charge is 0.254 e. The average molecular weight is 331 g/mol. The van der Waals surface area contributed by atoms with Crippen LogP contribution in [0.5, 0.6) is 0 Å². The van der Waals surface area contributed by atoms with Gasteiger partial charge in [0.1, 0.15) is 5.56 Å². The number of nitrogens with two attached hydrogens (primary N) is 1. The summed E-state index contributed by atoms with van der Waals surface area (Å²) < 4.78 is 1.78. The Balaban J connectivity index is 3.32. The van der Waals surface area contributed by atoms with E-state index in [-0.39, 0.29) is 0 Å². The van der Waals surface area contributed by atoms with Gasteiger partial charge in [-0.1, -0.05) is 46.1 Å². The Morgan fingerprint density at radius 2 is 2.12 bits per heavy atom. The van der Waals surface area contributed by atoms with Gasteiger partial charge in [0.15, 0.2) is 5.82 Å². The molecule has 0 fully saturated rings. The number of carbonyl (C=O) groups excluding carboxylic acids is 1. The molecule has 0 aliphatic heterocycles. The van der Waals surface area contributed by atoms with Crippen LogP contribution in [-0.4, -0.2) is 15.7 Å². The summed E-state index contributed by atoms with van der Waals surface area (Å²) >= 11 is 0. The standard InChI is InChI=1S/C18H29N5O/c1-5-7-8-10-18(9-6-2,11-12-19)23-13-15(16(20)24)17(22-23)21-14(3)4/h13H,3,5-11H2,1-2,4H3,(H2,20,24)(H,21,22). The second-order valence-corrected chi connectivity index (χ2v) is 6.37. The molecular weight excluding hydrogens is 302 g/mol. The van der Waals surface area contributed by atoms with E-state index < -0.39 is 11.4 Å². The molecule has 0 aliphatic rings. The van der Waals surface area contributed by atoms with E-state index in [4.69, 9.17) is 5.73 Å². The number of hydrogen-bond acceptors (Lipinski definition) is 4. The van der Waals surface area contributed by atoms with Gasteiger partial charge in [-0.25, -0.2) is 0 Å². The van der Waals surface area contributed by atoms with Crippen LogP contribution in [0.15, 0.2) is 18.5 Å². The summed E-state index contributed by atoms with van der Waals surface area (Å²) in [6.45, 7) is 9.83. The lowest BCUT2D eigenvalue weighted by atomic mass is 9.85. The van der Waals surface area contributed by atoms with Crippen molar-refractivity contribution in [2.75, 3.05) is 5.32 Å². The Kier molecular flexibility index (Phi) is 7.50. The fraction of sp³-hybridized carbons (Fsp3) is 0.611. The number of carbonyl (C=O) groups is 1. The van der Waals surface area contributed by atoms with E-state index in [1.807, 2.05) is 0 Å². The maximum Gasteiger partial charge on any atom is 0.254 e. The highest BCUT2D eigenvalue weighted by atomic mass is 16.1. The van der Waals surface area contributed by atoms with Crippen molar-refractivity contribution >= 4 is 11.7 Å². The molecule has 0 saturated heterocycles. The zero-order valence-corrected chi connectivity index (χ0v) is 15.1. The zero-order chi connectivity index (χ0) is 18.2. The van der Waals surface area contributed by atoms with Gasteiger partial charge in [-0.3, -0.25) is 9.48 Å². The zero-order valence-electron chi connectivity index (χ0n) is 15.1. The number of anilines is 1. The highest BCUT2D eigenvalue weighted by Crippen LogP contribution is 2.34. The molecule has 1 amide bonds. The third kappa shape index (κ3) is 4.85. The van der Waals surface area contributed by atoms with E-state index in [9.17, 15) is 10.1 Å². The first-order chi connectivity index (χ1) is 11.4. The molecule has 0 aliphatic carbocycles. The monoisotopic (exact) mass is 331 g/mol. The number of allylic oxidation sites excluding steroid dienone is 1. The van der Waals surface area contributed by atoms with E-state index in [1.165, 1.54) is 0 Å². The Hall–Kier alpha value is -2.29. The summed E-state index contributed by atoms with van der Waals surface area (Å²) in [7, 11) is 0. The number of nitriles is 1. The van der Waals surface area contributed by atoms with E-state index in [0.29, 0.717) is 23.5 Å². The molecule has 132 valence electrons. The summed E-state index contributed by atoms with van der Waals surface area (Å²) in [6.07, 6.45) is 7.89. The van der Waals surface area contributed by atoms with Crippen molar-refractivity contribution in [1.82, 2.24) is 9.78 Å². The fourth-order valence-corrected chi connectivity index (χ4v) is 3.02. The number of hydrogen-bond donors (Lipinski definition) is 2. The second-order valence-electron chi connectivity index (χ2n) is 6.37. The van der Waals surface area contributed by atoms with Crippen LogP contribution in [0.1, 0.15) is 76.1 Å². The van der Waals surface area contributed by atoms with Crippen molar-refractivity contribution in [2.24, 2.45) is 5.73 Å². The third-order valence-electron chi connectivity index (χ3n) is 4.17. The topological polar surface area (TPSA) is 96.7 Å². The van der Waals surface area contributed by atoms with Crippen molar-refractivity contribution in [3.63, 3.8) is 0 Å². The maximum atomic E-state index is 11.8. The SMILES string of the molecule is C=C(C)Nc1nn(C(CC#N)(CCC)CCCCC)cc1C(N)=O. The molecule has 1 atom stereocenters. The van der Waals surface area contributed by atoms with Crippen LogP contribution < -0.4 is 11.1 Å². The molecular formula is C18H29N5O. The lowest BCUT2D eigenvalue weighted by molar-refractivity contribution is 0.100. The van der Waals surface area contributed by atoms with Crippen molar-refractivity contribution in [1.29, 1.82) is 5.26 Å². The minimum atomic E-state index is -0.541. The first-order valence-electron chi connectivity index (χ1n) is 8.59. The van der Waals surface area contributed by atoms with Gasteiger partial charge in [0, 0.05) is 11.9 Å². The summed E-state index contributed by atoms with van der Waals surface area (Å²) in [5, 5.41) is 16.9. The molecule has 1 rings (SSSR count). The number of primary amides is 1. The first-order valence-corrected chi connectivity index (χ1v) is 8.59. The first kappa shape index (κ1) is 19.8. The quantitative estimate of drug-likeness (QED) is 0.601. The molecule has 0 radical (unpaired) electrons. The predicted octanol–water partition coefficient (Wildman–Crippen LogP) is 3.92. The van der Waals surface area contributed by atoms with Crippen molar-refractivity contribution in [2.45, 2.75) is 71.3 Å². The molecule has 0 bridgehead atoms. The fourth-order valence-electron chi connectivity index (χ4n) is 3.02. The van der Waals surface area contributed by atoms with Gasteiger partial charge in [-0.15, -0.1) is 0 Å². The van der Waals surface area contributed by atoms with Crippen molar-refractivity contribution < 1.29 is 4.79 Å². The Morgan fingerprint density at radius 1 is 1.42 bits per heavy atom. The van der Waals surface area contributed by atoms with Gasteiger partial charge in [0.2, 0.25) is 0 Å². The third-order valence-corrected chi connectivity index (χ3v) is 4.17. The Morgan fingerprint density at radius 3 is 2.62 bits per heavy atom. The summed E-state index contributed by atoms with van der Waals surface area (Å²) in [4.78, 5) is 11.8. The highest BCUT2D eigenvalue weighted by Gasteiger charge is 2.33. The molecule has 1 aromatic rings. The Labute approximate surface area is 144 Å². The average Bonchev–Trinajstić information content (AvgIpc) is 2.91. The van der Waals surface area contributed by atoms with Crippen LogP contribution in [0.2, 0.25) is 0 Å². The molecule has 6 nitrogen and oxygen atoms in total. The van der Waals surface area contributed by atoms with Gasteiger partial charge in [0.05, 0.1) is 18.0 Å². The molecule has 1 aromatic heterocycles. The summed E-state index contributed by atoms with van der Waals surface area (Å²) in [5.74, 6) is -0.134. The van der Waals surface area contributed by atoms with Gasteiger partial charge >= 0.3 is 0 Å². The van der Waals surface area contributed by atoms with Crippen LogP contribution in [0.25, 0.3) is 0 Å². The number of nitrogens with zero attached hydrogens (tertiary/aromatic N) is 3. The summed E-state index contributed by atoms with van der Waals surface area (Å²) in [5.41, 5.74) is 6.09. The highest BCUT2D eigenvalue weighted by molar-refractivity contribution is 5.97. The minimum Gasteiger partial charge on any atom is -0.365 e. The van der Waals surface area contributed by atoms with E-state index in [1.54, 1.807) is 17.8 Å².